The van der Waals surface area contributed by atoms with E-state index in [-0.39, 0.29) is 12.1 Å². The van der Waals surface area contributed by atoms with Crippen LogP contribution in [0.2, 0.25) is 0 Å². The fraction of sp³-hybridized carbons (Fsp3) is 0.533. The predicted octanol–water partition coefficient (Wildman–Crippen LogP) is 2.69. The minimum absolute atomic E-state index is 0.273. The van der Waals surface area contributed by atoms with Gasteiger partial charge in [-0.3, -0.25) is 14.9 Å². The van der Waals surface area contributed by atoms with Gasteiger partial charge in [0.2, 0.25) is 0 Å². The van der Waals surface area contributed by atoms with Crippen LogP contribution in [0.15, 0.2) is 18.2 Å². The highest BCUT2D eigenvalue weighted by Crippen LogP contribution is 2.32. The molecule has 0 aromatic heterocycles. The first-order valence-corrected chi connectivity index (χ1v) is 7.54. The number of hydrogen-bond donors (Lipinski definition) is 1. The molecule has 1 N–H and O–H groups in total. The molecule has 9 heteroatoms. The van der Waals surface area contributed by atoms with Crippen LogP contribution in [0.3, 0.4) is 0 Å². The number of amides is 1. The van der Waals surface area contributed by atoms with E-state index in [0.29, 0.717) is 24.6 Å². The van der Waals surface area contributed by atoms with Crippen LogP contribution in [0.1, 0.15) is 29.3 Å². The quantitative estimate of drug-likeness (QED) is 0.658. The Balaban J connectivity index is 2.05. The molecule has 1 saturated heterocycles. The van der Waals surface area contributed by atoms with Crippen molar-refractivity contribution in [2.75, 3.05) is 26.2 Å². The Hall–Kier alpha value is -2.16. The van der Waals surface area contributed by atoms with Crippen LogP contribution in [0.25, 0.3) is 0 Å². The minimum Gasteiger partial charge on any atom is -0.351 e. The highest BCUT2D eigenvalue weighted by molar-refractivity contribution is 5.95. The SMILES string of the molecule is C[C@@H]1CCN(CCNC(=O)c2cc([N+](=O)[O-])cc(C(F)(F)F)c2)C1. The number of non-ortho nitro benzene ring substituents is 1. The normalized spacial score (nSPS) is 18.6. The van der Waals surface area contributed by atoms with Crippen LogP contribution in [-0.2, 0) is 6.18 Å². The molecular weight excluding hydrogens is 327 g/mol. The van der Waals surface area contributed by atoms with Gasteiger partial charge in [-0.05, 0) is 24.9 Å². The summed E-state index contributed by atoms with van der Waals surface area (Å²) in [6.45, 7) is 4.84. The topological polar surface area (TPSA) is 75.5 Å². The molecule has 6 nitrogen and oxygen atoms in total. The second-order valence-corrected chi connectivity index (χ2v) is 5.97. The molecule has 132 valence electrons. The van der Waals surface area contributed by atoms with Gasteiger partial charge in [-0.1, -0.05) is 6.92 Å². The fourth-order valence-electron chi connectivity index (χ4n) is 2.67. The molecule has 0 unspecified atom stereocenters. The number of carbonyl (C=O) groups is 1. The molecule has 0 radical (unpaired) electrons. The summed E-state index contributed by atoms with van der Waals surface area (Å²) in [6.07, 6.45) is -3.68. The van der Waals surface area contributed by atoms with Gasteiger partial charge in [-0.2, -0.15) is 13.2 Å². The molecule has 1 amide bonds. The molecule has 0 aliphatic carbocycles. The van der Waals surface area contributed by atoms with Crippen molar-refractivity contribution in [2.45, 2.75) is 19.5 Å². The number of nitrogens with zero attached hydrogens (tertiary/aromatic N) is 2. The lowest BCUT2D eigenvalue weighted by Crippen LogP contribution is -2.34. The molecule has 1 aromatic carbocycles. The van der Waals surface area contributed by atoms with Crippen molar-refractivity contribution in [1.82, 2.24) is 10.2 Å². The zero-order chi connectivity index (χ0) is 17.9. The Kier molecular flexibility index (Phi) is 5.43. The van der Waals surface area contributed by atoms with E-state index in [0.717, 1.165) is 25.6 Å². The third kappa shape index (κ3) is 4.67. The number of halogens is 3. The number of carbonyl (C=O) groups excluding carboxylic acids is 1. The van der Waals surface area contributed by atoms with Crippen LogP contribution in [-0.4, -0.2) is 41.9 Å². The lowest BCUT2D eigenvalue weighted by molar-refractivity contribution is -0.385. The van der Waals surface area contributed by atoms with E-state index < -0.39 is 28.3 Å². The molecule has 1 aliphatic heterocycles. The van der Waals surface area contributed by atoms with Crippen molar-refractivity contribution in [1.29, 1.82) is 0 Å². The molecule has 2 rings (SSSR count). The number of nitrogens with one attached hydrogen (secondary N) is 1. The van der Waals surface area contributed by atoms with Crippen LogP contribution in [0, 0.1) is 16.0 Å². The second-order valence-electron chi connectivity index (χ2n) is 5.97. The van der Waals surface area contributed by atoms with Gasteiger partial charge in [0.15, 0.2) is 0 Å². The first-order valence-electron chi connectivity index (χ1n) is 7.54. The summed E-state index contributed by atoms with van der Waals surface area (Å²) in [4.78, 5) is 24.0. The number of benzene rings is 1. The van der Waals surface area contributed by atoms with Gasteiger partial charge in [0.25, 0.3) is 11.6 Å². The largest absolute Gasteiger partial charge is 0.416 e. The average Bonchev–Trinajstić information content (AvgIpc) is 2.91. The fourth-order valence-corrected chi connectivity index (χ4v) is 2.67. The van der Waals surface area contributed by atoms with E-state index in [1.807, 2.05) is 0 Å². The van der Waals surface area contributed by atoms with Gasteiger partial charge in [0.1, 0.15) is 0 Å². The van der Waals surface area contributed by atoms with E-state index in [1.54, 1.807) is 0 Å². The summed E-state index contributed by atoms with van der Waals surface area (Å²) in [7, 11) is 0. The van der Waals surface area contributed by atoms with E-state index in [2.05, 4.69) is 17.1 Å². The average molecular weight is 345 g/mol. The molecule has 0 saturated carbocycles. The first kappa shape index (κ1) is 18.2. The summed E-state index contributed by atoms with van der Waals surface area (Å²) < 4.78 is 38.4. The van der Waals surface area contributed by atoms with Crippen LogP contribution < -0.4 is 5.32 Å². The van der Waals surface area contributed by atoms with Gasteiger partial charge in [0.05, 0.1) is 10.5 Å². The zero-order valence-corrected chi connectivity index (χ0v) is 13.1. The number of hydrogen-bond acceptors (Lipinski definition) is 4. The maximum Gasteiger partial charge on any atom is 0.416 e. The monoisotopic (exact) mass is 345 g/mol. The smallest absolute Gasteiger partial charge is 0.351 e. The molecular formula is C15H18F3N3O3. The van der Waals surface area contributed by atoms with Gasteiger partial charge in [-0.15, -0.1) is 0 Å². The molecule has 1 fully saturated rings. The van der Waals surface area contributed by atoms with Crippen LogP contribution in [0.5, 0.6) is 0 Å². The number of nitro groups is 1. The Morgan fingerprint density at radius 3 is 2.67 bits per heavy atom. The van der Waals surface area contributed by atoms with E-state index >= 15 is 0 Å². The number of alkyl halides is 3. The maximum absolute atomic E-state index is 12.8. The summed E-state index contributed by atoms with van der Waals surface area (Å²) in [5, 5.41) is 13.3. The second kappa shape index (κ2) is 7.16. The van der Waals surface area contributed by atoms with Gasteiger partial charge in [0, 0.05) is 37.3 Å². The third-order valence-corrected chi connectivity index (χ3v) is 3.94. The van der Waals surface area contributed by atoms with Crippen molar-refractivity contribution in [3.63, 3.8) is 0 Å². The predicted molar refractivity (Wildman–Crippen MR) is 80.7 cm³/mol. The number of likely N-dealkylation sites (tertiary alicyclic amines) is 1. The maximum atomic E-state index is 12.8. The summed E-state index contributed by atoms with van der Waals surface area (Å²) in [5.74, 6) is -0.164. The Morgan fingerprint density at radius 2 is 2.12 bits per heavy atom. The molecule has 1 atom stereocenters. The Labute approximate surface area is 136 Å². The van der Waals surface area contributed by atoms with Gasteiger partial charge in [-0.25, -0.2) is 0 Å². The molecule has 0 spiro atoms. The Bertz CT molecular complexity index is 634. The molecule has 1 heterocycles. The van der Waals surface area contributed by atoms with Gasteiger partial charge >= 0.3 is 6.18 Å². The minimum atomic E-state index is -4.76. The van der Waals surface area contributed by atoms with E-state index in [9.17, 15) is 28.1 Å². The van der Waals surface area contributed by atoms with E-state index in [4.69, 9.17) is 0 Å². The highest BCUT2D eigenvalue weighted by atomic mass is 19.4. The molecule has 0 bridgehead atoms. The third-order valence-electron chi connectivity index (χ3n) is 3.94. The first-order chi connectivity index (χ1) is 11.2. The standard InChI is InChI=1S/C15H18F3N3O3/c1-10-2-4-20(9-10)5-3-19-14(22)11-6-12(15(16,17)18)8-13(7-11)21(23)24/h6-8,10H,2-5,9H2,1H3,(H,19,22)/t10-/m1/s1. The van der Waals surface area contributed by atoms with Crippen molar-refractivity contribution < 1.29 is 22.9 Å². The summed E-state index contributed by atoms with van der Waals surface area (Å²) >= 11 is 0. The number of nitro benzene ring substituents is 1. The van der Waals surface area contributed by atoms with Gasteiger partial charge < -0.3 is 10.2 Å². The van der Waals surface area contributed by atoms with Crippen molar-refractivity contribution in [2.24, 2.45) is 5.92 Å². The zero-order valence-electron chi connectivity index (χ0n) is 13.1. The molecule has 1 aromatic rings. The molecule has 1 aliphatic rings. The van der Waals surface area contributed by atoms with Crippen LogP contribution >= 0.6 is 0 Å². The lowest BCUT2D eigenvalue weighted by Gasteiger charge is -2.15. The summed E-state index contributed by atoms with van der Waals surface area (Å²) in [5.41, 5.74) is -2.34. The molecule has 24 heavy (non-hydrogen) atoms. The van der Waals surface area contributed by atoms with Crippen molar-refractivity contribution >= 4 is 11.6 Å². The van der Waals surface area contributed by atoms with E-state index in [1.165, 1.54) is 0 Å². The van der Waals surface area contributed by atoms with Crippen molar-refractivity contribution in [3.05, 3.63) is 39.4 Å². The highest BCUT2D eigenvalue weighted by Gasteiger charge is 2.33. The Morgan fingerprint density at radius 1 is 1.42 bits per heavy atom. The van der Waals surface area contributed by atoms with Crippen molar-refractivity contribution in [3.8, 4) is 0 Å². The lowest BCUT2D eigenvalue weighted by atomic mass is 10.1. The number of rotatable bonds is 5. The van der Waals surface area contributed by atoms with Crippen LogP contribution in [0.4, 0.5) is 18.9 Å². The summed E-state index contributed by atoms with van der Waals surface area (Å²) in [6, 6.07) is 1.89.